The van der Waals surface area contributed by atoms with Crippen LogP contribution in [0.1, 0.15) is 31.2 Å². The van der Waals surface area contributed by atoms with E-state index in [2.05, 4.69) is 10.6 Å². The average Bonchev–Trinajstić information content (AvgIpc) is 3.05. The van der Waals surface area contributed by atoms with Gasteiger partial charge in [-0.05, 0) is 54.8 Å². The maximum Gasteiger partial charge on any atom is 0.319 e. The van der Waals surface area contributed by atoms with Crippen molar-refractivity contribution in [2.75, 3.05) is 12.4 Å². The third-order valence-electron chi connectivity index (χ3n) is 4.55. The third kappa shape index (κ3) is 3.50. The summed E-state index contributed by atoms with van der Waals surface area (Å²) in [6.07, 6.45) is 3.80. The normalized spacial score (nSPS) is 15.8. The number of carbonyl (C=O) groups excluding carboxylic acids is 1. The third-order valence-corrected chi connectivity index (χ3v) is 4.55. The summed E-state index contributed by atoms with van der Waals surface area (Å²) in [5, 5.41) is 5.95. The molecule has 1 aliphatic rings. The molecular formula is C19H21FN2O2. The molecule has 0 heterocycles. The highest BCUT2D eigenvalue weighted by molar-refractivity contribution is 5.90. The van der Waals surface area contributed by atoms with Crippen LogP contribution in [-0.2, 0) is 5.54 Å². The fraction of sp³-hybridized carbons (Fsp3) is 0.316. The smallest absolute Gasteiger partial charge is 0.319 e. The summed E-state index contributed by atoms with van der Waals surface area (Å²) in [7, 11) is 1.60. The monoisotopic (exact) mass is 328 g/mol. The molecule has 2 aromatic carbocycles. The van der Waals surface area contributed by atoms with E-state index in [1.54, 1.807) is 43.5 Å². The number of methoxy groups -OCH3 is 1. The summed E-state index contributed by atoms with van der Waals surface area (Å²) in [5.41, 5.74) is 1.22. The molecule has 1 aliphatic carbocycles. The molecule has 0 radical (unpaired) electrons. The van der Waals surface area contributed by atoms with E-state index < -0.39 is 5.54 Å². The quantitative estimate of drug-likeness (QED) is 0.872. The second kappa shape index (κ2) is 6.91. The molecule has 5 heteroatoms. The van der Waals surface area contributed by atoms with Crippen LogP contribution in [0.15, 0.2) is 48.5 Å². The molecule has 3 rings (SSSR count). The minimum Gasteiger partial charge on any atom is -0.497 e. The number of rotatable bonds is 4. The highest BCUT2D eigenvalue weighted by Crippen LogP contribution is 2.38. The number of ether oxygens (including phenoxy) is 1. The number of carbonyl (C=O) groups is 1. The molecule has 0 atom stereocenters. The molecule has 0 aliphatic heterocycles. The number of benzene rings is 2. The van der Waals surface area contributed by atoms with E-state index in [9.17, 15) is 9.18 Å². The van der Waals surface area contributed by atoms with Crippen molar-refractivity contribution in [2.45, 2.75) is 31.2 Å². The Balaban J connectivity index is 1.73. The number of nitrogens with one attached hydrogen (secondary N) is 2. The Bertz CT molecular complexity index is 692. The summed E-state index contributed by atoms with van der Waals surface area (Å²) < 4.78 is 18.3. The first-order chi connectivity index (χ1) is 11.6. The van der Waals surface area contributed by atoms with Crippen molar-refractivity contribution in [3.63, 3.8) is 0 Å². The summed E-state index contributed by atoms with van der Waals surface area (Å²) in [4.78, 5) is 12.4. The number of anilines is 1. The molecule has 0 spiro atoms. The predicted octanol–water partition coefficient (Wildman–Crippen LogP) is 4.43. The van der Waals surface area contributed by atoms with E-state index >= 15 is 0 Å². The van der Waals surface area contributed by atoms with Crippen LogP contribution in [0.25, 0.3) is 0 Å². The van der Waals surface area contributed by atoms with E-state index in [0.717, 1.165) is 37.0 Å². The molecule has 126 valence electrons. The predicted molar refractivity (Wildman–Crippen MR) is 91.7 cm³/mol. The van der Waals surface area contributed by atoms with Crippen molar-refractivity contribution in [1.82, 2.24) is 5.32 Å². The number of urea groups is 1. The van der Waals surface area contributed by atoms with Crippen molar-refractivity contribution >= 4 is 11.7 Å². The first kappa shape index (κ1) is 16.3. The molecule has 2 amide bonds. The van der Waals surface area contributed by atoms with E-state index in [1.165, 1.54) is 12.1 Å². The van der Waals surface area contributed by atoms with Crippen molar-refractivity contribution in [2.24, 2.45) is 0 Å². The van der Waals surface area contributed by atoms with Crippen molar-refractivity contribution in [3.8, 4) is 5.75 Å². The fourth-order valence-corrected chi connectivity index (χ4v) is 3.29. The molecule has 2 N–H and O–H groups in total. The van der Waals surface area contributed by atoms with Crippen LogP contribution in [0.5, 0.6) is 5.75 Å². The molecule has 0 aromatic heterocycles. The van der Waals surface area contributed by atoms with Gasteiger partial charge in [-0.1, -0.05) is 25.0 Å². The van der Waals surface area contributed by atoms with Gasteiger partial charge >= 0.3 is 6.03 Å². The second-order valence-electron chi connectivity index (χ2n) is 6.10. The first-order valence-corrected chi connectivity index (χ1v) is 8.11. The van der Waals surface area contributed by atoms with Crippen molar-refractivity contribution in [1.29, 1.82) is 0 Å². The topological polar surface area (TPSA) is 50.4 Å². The van der Waals surface area contributed by atoms with Gasteiger partial charge in [0.15, 0.2) is 0 Å². The van der Waals surface area contributed by atoms with Crippen LogP contribution in [0.2, 0.25) is 0 Å². The van der Waals surface area contributed by atoms with E-state index in [-0.39, 0.29) is 11.8 Å². The minimum absolute atomic E-state index is 0.258. The largest absolute Gasteiger partial charge is 0.497 e. The van der Waals surface area contributed by atoms with Gasteiger partial charge in [0.25, 0.3) is 0 Å². The van der Waals surface area contributed by atoms with Gasteiger partial charge in [-0.3, -0.25) is 0 Å². The Morgan fingerprint density at radius 1 is 1.04 bits per heavy atom. The fourth-order valence-electron chi connectivity index (χ4n) is 3.29. The van der Waals surface area contributed by atoms with Gasteiger partial charge in [0.05, 0.1) is 12.6 Å². The molecule has 24 heavy (non-hydrogen) atoms. The van der Waals surface area contributed by atoms with Crippen molar-refractivity contribution < 1.29 is 13.9 Å². The van der Waals surface area contributed by atoms with Crippen LogP contribution in [0.4, 0.5) is 14.9 Å². The lowest BCUT2D eigenvalue weighted by Crippen LogP contribution is -2.45. The van der Waals surface area contributed by atoms with Gasteiger partial charge in [-0.2, -0.15) is 0 Å². The zero-order valence-electron chi connectivity index (χ0n) is 13.6. The van der Waals surface area contributed by atoms with Gasteiger partial charge in [0.2, 0.25) is 0 Å². The van der Waals surface area contributed by atoms with Crippen LogP contribution in [-0.4, -0.2) is 13.1 Å². The Labute approximate surface area is 141 Å². The lowest BCUT2D eigenvalue weighted by atomic mass is 9.88. The maximum absolute atomic E-state index is 13.2. The Morgan fingerprint density at radius 2 is 1.67 bits per heavy atom. The Kier molecular flexibility index (Phi) is 4.69. The highest BCUT2D eigenvalue weighted by atomic mass is 19.1. The van der Waals surface area contributed by atoms with Crippen LogP contribution in [0.3, 0.4) is 0 Å². The van der Waals surface area contributed by atoms with E-state index in [1.807, 2.05) is 0 Å². The van der Waals surface area contributed by atoms with Gasteiger partial charge < -0.3 is 15.4 Å². The zero-order chi connectivity index (χ0) is 17.0. The van der Waals surface area contributed by atoms with Crippen LogP contribution < -0.4 is 15.4 Å². The van der Waals surface area contributed by atoms with Crippen LogP contribution in [0, 0.1) is 5.82 Å². The molecule has 0 saturated heterocycles. The van der Waals surface area contributed by atoms with Crippen LogP contribution >= 0.6 is 0 Å². The summed E-state index contributed by atoms with van der Waals surface area (Å²) in [6.45, 7) is 0. The molecule has 4 nitrogen and oxygen atoms in total. The summed E-state index contributed by atoms with van der Waals surface area (Å²) in [5.74, 6) is 0.467. The van der Waals surface area contributed by atoms with E-state index in [0.29, 0.717) is 5.69 Å². The standard InChI is InChI=1S/C19H21FN2O2/c1-24-17-10-8-16(9-11-17)21-18(23)22-19(12-2-3-13-19)14-4-6-15(20)7-5-14/h4-11H,2-3,12-13H2,1H3,(H2,21,22,23). The zero-order valence-corrected chi connectivity index (χ0v) is 13.6. The summed E-state index contributed by atoms with van der Waals surface area (Å²) >= 11 is 0. The van der Waals surface area contributed by atoms with Gasteiger partial charge in [0, 0.05) is 5.69 Å². The number of hydrogen-bond acceptors (Lipinski definition) is 2. The Morgan fingerprint density at radius 3 is 2.25 bits per heavy atom. The second-order valence-corrected chi connectivity index (χ2v) is 6.10. The molecule has 0 unspecified atom stereocenters. The highest BCUT2D eigenvalue weighted by Gasteiger charge is 2.37. The molecule has 1 fully saturated rings. The van der Waals surface area contributed by atoms with Gasteiger partial charge in [-0.15, -0.1) is 0 Å². The maximum atomic E-state index is 13.2. The van der Waals surface area contributed by atoms with E-state index in [4.69, 9.17) is 4.74 Å². The SMILES string of the molecule is COc1ccc(NC(=O)NC2(c3ccc(F)cc3)CCCC2)cc1. The molecular weight excluding hydrogens is 307 g/mol. The lowest BCUT2D eigenvalue weighted by Gasteiger charge is -2.31. The van der Waals surface area contributed by atoms with Gasteiger partial charge in [0.1, 0.15) is 11.6 Å². The minimum atomic E-state index is -0.426. The lowest BCUT2D eigenvalue weighted by molar-refractivity contribution is 0.236. The Hall–Kier alpha value is -2.56. The summed E-state index contributed by atoms with van der Waals surface area (Å²) in [6, 6.07) is 13.3. The first-order valence-electron chi connectivity index (χ1n) is 8.11. The average molecular weight is 328 g/mol. The number of halogens is 1. The molecule has 0 bridgehead atoms. The molecule has 1 saturated carbocycles. The number of amides is 2. The van der Waals surface area contributed by atoms with Crippen molar-refractivity contribution in [3.05, 3.63) is 59.9 Å². The van der Waals surface area contributed by atoms with Gasteiger partial charge in [-0.25, -0.2) is 9.18 Å². The molecule has 2 aromatic rings. The number of hydrogen-bond donors (Lipinski definition) is 2.